The van der Waals surface area contributed by atoms with Gasteiger partial charge in [0.25, 0.3) is 5.91 Å². The lowest BCUT2D eigenvalue weighted by atomic mass is 10.2. The highest BCUT2D eigenvalue weighted by Gasteiger charge is 2.16. The van der Waals surface area contributed by atoms with Gasteiger partial charge in [0.05, 0.1) is 5.69 Å². The van der Waals surface area contributed by atoms with E-state index in [2.05, 4.69) is 20.6 Å². The van der Waals surface area contributed by atoms with Gasteiger partial charge in [0, 0.05) is 11.4 Å². The number of amides is 1. The number of nitrogens with one attached hydrogen (secondary N) is 2. The average Bonchev–Trinajstić information content (AvgIpc) is 2.63. The Morgan fingerprint density at radius 1 is 0.926 bits per heavy atom. The van der Waals surface area contributed by atoms with Gasteiger partial charge >= 0.3 is 0 Å². The zero-order chi connectivity index (χ0) is 19.6. The molecule has 0 fully saturated rings. The fraction of sp³-hybridized carbons (Fsp3) is 0.105. The largest absolute Gasteiger partial charge is 0.322 e. The summed E-state index contributed by atoms with van der Waals surface area (Å²) < 4.78 is 40.2. The standard InChI is InChI=1S/C19H15F3N4O/c1-10-3-5-12(6-4-10)24-18(27)15-9-11(2)23-19(26-15)25-14-8-7-13(20)16(21)17(14)22/h3-9H,1-2H3,(H,24,27)(H,23,25,26). The Bertz CT molecular complexity index is 1010. The number of carbonyl (C=O) groups excluding carboxylic acids is 1. The zero-order valence-corrected chi connectivity index (χ0v) is 14.5. The van der Waals surface area contributed by atoms with Crippen molar-refractivity contribution in [3.63, 3.8) is 0 Å². The van der Waals surface area contributed by atoms with E-state index < -0.39 is 23.4 Å². The molecule has 0 saturated heterocycles. The fourth-order valence-electron chi connectivity index (χ4n) is 2.32. The number of benzene rings is 2. The van der Waals surface area contributed by atoms with Gasteiger partial charge < -0.3 is 10.6 Å². The number of hydrogen-bond acceptors (Lipinski definition) is 4. The lowest BCUT2D eigenvalue weighted by molar-refractivity contribution is 0.102. The van der Waals surface area contributed by atoms with Gasteiger partial charge in [-0.3, -0.25) is 4.79 Å². The summed E-state index contributed by atoms with van der Waals surface area (Å²) in [6.07, 6.45) is 0. The molecule has 0 aliphatic heterocycles. The highest BCUT2D eigenvalue weighted by Crippen LogP contribution is 2.22. The Morgan fingerprint density at radius 2 is 1.63 bits per heavy atom. The van der Waals surface area contributed by atoms with Gasteiger partial charge in [-0.15, -0.1) is 0 Å². The summed E-state index contributed by atoms with van der Waals surface area (Å²) in [4.78, 5) is 20.5. The summed E-state index contributed by atoms with van der Waals surface area (Å²) >= 11 is 0. The Hall–Kier alpha value is -3.42. The molecule has 138 valence electrons. The fourth-order valence-corrected chi connectivity index (χ4v) is 2.32. The Labute approximate surface area is 153 Å². The number of nitrogens with zero attached hydrogens (tertiary/aromatic N) is 2. The van der Waals surface area contributed by atoms with E-state index in [-0.39, 0.29) is 17.3 Å². The summed E-state index contributed by atoms with van der Waals surface area (Å²) in [5.41, 5.74) is 1.76. The number of halogens is 3. The molecule has 0 radical (unpaired) electrons. The van der Waals surface area contributed by atoms with Crippen molar-refractivity contribution in [3.8, 4) is 0 Å². The smallest absolute Gasteiger partial charge is 0.274 e. The summed E-state index contributed by atoms with van der Waals surface area (Å²) in [6.45, 7) is 3.55. The van der Waals surface area contributed by atoms with Crippen LogP contribution in [0, 0.1) is 31.3 Å². The van der Waals surface area contributed by atoms with Gasteiger partial charge in [-0.1, -0.05) is 17.7 Å². The van der Waals surface area contributed by atoms with E-state index in [1.165, 1.54) is 6.07 Å². The van der Waals surface area contributed by atoms with Crippen molar-refractivity contribution in [2.24, 2.45) is 0 Å². The molecule has 1 aromatic heterocycles. The molecule has 0 atom stereocenters. The number of carbonyl (C=O) groups is 1. The second kappa shape index (κ2) is 7.45. The summed E-state index contributed by atoms with van der Waals surface area (Å²) in [7, 11) is 0. The third-order valence-corrected chi connectivity index (χ3v) is 3.68. The van der Waals surface area contributed by atoms with E-state index in [1.54, 1.807) is 19.1 Å². The first-order valence-electron chi connectivity index (χ1n) is 7.97. The van der Waals surface area contributed by atoms with Gasteiger partial charge in [-0.05, 0) is 44.2 Å². The number of rotatable bonds is 4. The minimum atomic E-state index is -1.61. The van der Waals surface area contributed by atoms with Crippen LogP contribution in [0.15, 0.2) is 42.5 Å². The normalized spacial score (nSPS) is 10.6. The monoisotopic (exact) mass is 372 g/mol. The third kappa shape index (κ3) is 4.22. The molecule has 0 saturated carbocycles. The van der Waals surface area contributed by atoms with Gasteiger partial charge in [0.1, 0.15) is 5.69 Å². The number of aromatic nitrogens is 2. The molecule has 5 nitrogen and oxygen atoms in total. The SMILES string of the molecule is Cc1ccc(NC(=O)c2cc(C)nc(Nc3ccc(F)c(F)c3F)n2)cc1. The maximum absolute atomic E-state index is 13.8. The number of aryl methyl sites for hydroxylation is 2. The second-order valence-electron chi connectivity index (χ2n) is 5.89. The van der Waals surface area contributed by atoms with Crippen LogP contribution >= 0.6 is 0 Å². The molecule has 3 rings (SSSR count). The lowest BCUT2D eigenvalue weighted by Gasteiger charge is -2.10. The molecule has 27 heavy (non-hydrogen) atoms. The van der Waals surface area contributed by atoms with E-state index in [0.717, 1.165) is 17.7 Å². The first kappa shape index (κ1) is 18.4. The van der Waals surface area contributed by atoms with Crippen LogP contribution in [0.25, 0.3) is 0 Å². The van der Waals surface area contributed by atoms with Crippen LogP contribution in [-0.2, 0) is 0 Å². The highest BCUT2D eigenvalue weighted by atomic mass is 19.2. The van der Waals surface area contributed by atoms with E-state index >= 15 is 0 Å². The molecule has 3 aromatic rings. The first-order valence-corrected chi connectivity index (χ1v) is 7.97. The van der Waals surface area contributed by atoms with E-state index in [9.17, 15) is 18.0 Å². The van der Waals surface area contributed by atoms with Gasteiger partial charge in [0.15, 0.2) is 17.5 Å². The maximum Gasteiger partial charge on any atom is 0.274 e. The molecule has 2 N–H and O–H groups in total. The molecule has 1 amide bonds. The van der Waals surface area contributed by atoms with Crippen molar-refractivity contribution >= 4 is 23.2 Å². The predicted molar refractivity (Wildman–Crippen MR) is 95.5 cm³/mol. The summed E-state index contributed by atoms with van der Waals surface area (Å²) in [5, 5.41) is 5.15. The van der Waals surface area contributed by atoms with Crippen LogP contribution in [0.4, 0.5) is 30.5 Å². The van der Waals surface area contributed by atoms with Crippen molar-refractivity contribution in [2.45, 2.75) is 13.8 Å². The topological polar surface area (TPSA) is 66.9 Å². The van der Waals surface area contributed by atoms with Gasteiger partial charge in [-0.25, -0.2) is 23.1 Å². The van der Waals surface area contributed by atoms with Crippen molar-refractivity contribution in [3.05, 3.63) is 76.9 Å². The van der Waals surface area contributed by atoms with Crippen molar-refractivity contribution in [2.75, 3.05) is 10.6 Å². The van der Waals surface area contributed by atoms with Crippen molar-refractivity contribution < 1.29 is 18.0 Å². The molecule has 0 bridgehead atoms. The molecular weight excluding hydrogens is 357 g/mol. The minimum Gasteiger partial charge on any atom is -0.322 e. The van der Waals surface area contributed by atoms with Crippen LogP contribution in [0.2, 0.25) is 0 Å². The molecule has 0 aliphatic rings. The molecular formula is C19H15F3N4O. The first-order chi connectivity index (χ1) is 12.8. The van der Waals surface area contributed by atoms with E-state index in [4.69, 9.17) is 0 Å². The maximum atomic E-state index is 13.8. The number of anilines is 3. The average molecular weight is 372 g/mol. The minimum absolute atomic E-state index is 0.0357. The van der Waals surface area contributed by atoms with Crippen LogP contribution < -0.4 is 10.6 Å². The zero-order valence-electron chi connectivity index (χ0n) is 14.5. The molecule has 2 aromatic carbocycles. The molecule has 8 heteroatoms. The van der Waals surface area contributed by atoms with Gasteiger partial charge in [-0.2, -0.15) is 0 Å². The lowest BCUT2D eigenvalue weighted by Crippen LogP contribution is -2.15. The van der Waals surface area contributed by atoms with Crippen LogP contribution in [-0.4, -0.2) is 15.9 Å². The molecule has 0 spiro atoms. The summed E-state index contributed by atoms with van der Waals surface area (Å²) in [5.74, 6) is -4.91. The van der Waals surface area contributed by atoms with Crippen LogP contribution in [0.5, 0.6) is 0 Å². The van der Waals surface area contributed by atoms with Crippen LogP contribution in [0.3, 0.4) is 0 Å². The Kier molecular flexibility index (Phi) is 5.07. The highest BCUT2D eigenvalue weighted by molar-refractivity contribution is 6.03. The predicted octanol–water partition coefficient (Wildman–Crippen LogP) is 4.51. The number of hydrogen-bond donors (Lipinski definition) is 2. The van der Waals surface area contributed by atoms with E-state index in [1.807, 2.05) is 19.1 Å². The van der Waals surface area contributed by atoms with Gasteiger partial charge in [0.2, 0.25) is 5.95 Å². The van der Waals surface area contributed by atoms with E-state index in [0.29, 0.717) is 11.4 Å². The second-order valence-corrected chi connectivity index (χ2v) is 5.89. The molecule has 1 heterocycles. The third-order valence-electron chi connectivity index (χ3n) is 3.68. The van der Waals surface area contributed by atoms with Crippen molar-refractivity contribution in [1.82, 2.24) is 9.97 Å². The Balaban J connectivity index is 1.85. The molecule has 0 unspecified atom stereocenters. The quantitative estimate of drug-likeness (QED) is 0.662. The van der Waals surface area contributed by atoms with Crippen LogP contribution in [0.1, 0.15) is 21.7 Å². The Morgan fingerprint density at radius 3 is 2.33 bits per heavy atom. The summed E-state index contributed by atoms with van der Waals surface area (Å²) in [6, 6.07) is 10.4. The molecule has 0 aliphatic carbocycles. The van der Waals surface area contributed by atoms with Crippen molar-refractivity contribution in [1.29, 1.82) is 0 Å².